The van der Waals surface area contributed by atoms with Crippen molar-refractivity contribution in [2.45, 2.75) is 39.7 Å². The number of hydrogen-bond acceptors (Lipinski definition) is 3. The van der Waals surface area contributed by atoms with E-state index < -0.39 is 0 Å². The van der Waals surface area contributed by atoms with Crippen LogP contribution >= 0.6 is 0 Å². The Hall–Kier alpha value is -0.900. The molecule has 0 heterocycles. The van der Waals surface area contributed by atoms with Crippen LogP contribution in [0.15, 0.2) is 18.2 Å². The Morgan fingerprint density at radius 3 is 2.50 bits per heavy atom. The van der Waals surface area contributed by atoms with E-state index in [1.807, 2.05) is 7.05 Å². The van der Waals surface area contributed by atoms with E-state index in [9.17, 15) is 0 Å². The van der Waals surface area contributed by atoms with Gasteiger partial charge in [-0.3, -0.25) is 0 Å². The van der Waals surface area contributed by atoms with Gasteiger partial charge in [0, 0.05) is 6.61 Å². The van der Waals surface area contributed by atoms with Crippen molar-refractivity contribution in [2.75, 3.05) is 33.5 Å². The van der Waals surface area contributed by atoms with Crippen LogP contribution in [0.1, 0.15) is 42.5 Å². The molecule has 3 heteroatoms. The van der Waals surface area contributed by atoms with Crippen molar-refractivity contribution in [3.05, 3.63) is 34.9 Å². The molecule has 114 valence electrons. The number of likely N-dealkylation sites (N-methyl/N-ethyl adjacent to an activating group) is 1. The van der Waals surface area contributed by atoms with E-state index in [-0.39, 0.29) is 6.04 Å². The highest BCUT2D eigenvalue weighted by Gasteiger charge is 2.11. The smallest absolute Gasteiger partial charge is 0.0701 e. The maximum absolute atomic E-state index is 5.72. The molecule has 0 saturated heterocycles. The first-order valence-corrected chi connectivity index (χ1v) is 7.59. The van der Waals surface area contributed by atoms with Crippen LogP contribution in [0.2, 0.25) is 0 Å². The SMILES string of the molecule is CCCCOCCOCC(NC)c1ccc(C)cc1C. The second kappa shape index (κ2) is 9.92. The summed E-state index contributed by atoms with van der Waals surface area (Å²) in [5, 5.41) is 3.32. The Morgan fingerprint density at radius 2 is 1.85 bits per heavy atom. The Kier molecular flexibility index (Phi) is 8.51. The molecular formula is C17H29NO2. The van der Waals surface area contributed by atoms with Crippen LogP contribution in [0, 0.1) is 13.8 Å². The fourth-order valence-electron chi connectivity index (χ4n) is 2.21. The molecule has 0 spiro atoms. The molecule has 1 rings (SSSR count). The standard InChI is InChI=1S/C17H29NO2/c1-5-6-9-19-10-11-20-13-17(18-4)16-8-7-14(2)12-15(16)3/h7-8,12,17-18H,5-6,9-11,13H2,1-4H3. The summed E-state index contributed by atoms with van der Waals surface area (Å²) in [4.78, 5) is 0. The maximum Gasteiger partial charge on any atom is 0.0701 e. The van der Waals surface area contributed by atoms with Gasteiger partial charge in [-0.25, -0.2) is 0 Å². The van der Waals surface area contributed by atoms with Gasteiger partial charge >= 0.3 is 0 Å². The molecule has 1 aromatic carbocycles. The molecule has 20 heavy (non-hydrogen) atoms. The topological polar surface area (TPSA) is 30.5 Å². The fourth-order valence-corrected chi connectivity index (χ4v) is 2.21. The maximum atomic E-state index is 5.72. The minimum absolute atomic E-state index is 0.242. The zero-order chi connectivity index (χ0) is 14.8. The van der Waals surface area contributed by atoms with Crippen LogP contribution in [0.4, 0.5) is 0 Å². The van der Waals surface area contributed by atoms with Gasteiger partial charge in [0.15, 0.2) is 0 Å². The number of ether oxygens (including phenoxy) is 2. The summed E-state index contributed by atoms with van der Waals surface area (Å²) in [6.45, 7) is 9.30. The minimum atomic E-state index is 0.242. The first-order valence-electron chi connectivity index (χ1n) is 7.59. The normalized spacial score (nSPS) is 12.6. The van der Waals surface area contributed by atoms with E-state index in [0.29, 0.717) is 19.8 Å². The van der Waals surface area contributed by atoms with E-state index >= 15 is 0 Å². The molecule has 3 nitrogen and oxygen atoms in total. The van der Waals surface area contributed by atoms with Crippen LogP contribution < -0.4 is 5.32 Å². The van der Waals surface area contributed by atoms with Gasteiger partial charge in [0.25, 0.3) is 0 Å². The molecule has 0 bridgehead atoms. The zero-order valence-electron chi connectivity index (χ0n) is 13.4. The van der Waals surface area contributed by atoms with Crippen molar-refractivity contribution in [1.82, 2.24) is 5.32 Å². The van der Waals surface area contributed by atoms with Crippen LogP contribution in [-0.4, -0.2) is 33.5 Å². The predicted octanol–water partition coefficient (Wildman–Crippen LogP) is 3.40. The van der Waals surface area contributed by atoms with E-state index in [4.69, 9.17) is 9.47 Å². The number of unbranched alkanes of at least 4 members (excludes halogenated alkanes) is 1. The van der Waals surface area contributed by atoms with E-state index in [1.165, 1.54) is 23.1 Å². The number of benzene rings is 1. The van der Waals surface area contributed by atoms with Gasteiger partial charge in [-0.2, -0.15) is 0 Å². The van der Waals surface area contributed by atoms with Crippen molar-refractivity contribution in [2.24, 2.45) is 0 Å². The molecular weight excluding hydrogens is 250 g/mol. The molecule has 1 atom stereocenters. The lowest BCUT2D eigenvalue weighted by Crippen LogP contribution is -2.23. The van der Waals surface area contributed by atoms with Gasteiger partial charge in [-0.15, -0.1) is 0 Å². The third kappa shape index (κ3) is 6.04. The highest BCUT2D eigenvalue weighted by molar-refractivity contribution is 5.32. The lowest BCUT2D eigenvalue weighted by atomic mass is 10.00. The summed E-state index contributed by atoms with van der Waals surface area (Å²) in [6.07, 6.45) is 2.30. The van der Waals surface area contributed by atoms with Gasteiger partial charge in [-0.05, 0) is 38.4 Å². The van der Waals surface area contributed by atoms with Gasteiger partial charge in [0.1, 0.15) is 0 Å². The first-order chi connectivity index (χ1) is 9.69. The number of aryl methyl sites for hydroxylation is 2. The van der Waals surface area contributed by atoms with Gasteiger partial charge < -0.3 is 14.8 Å². The zero-order valence-corrected chi connectivity index (χ0v) is 13.4. The molecule has 0 radical (unpaired) electrons. The van der Waals surface area contributed by atoms with Crippen molar-refractivity contribution in [1.29, 1.82) is 0 Å². The highest BCUT2D eigenvalue weighted by Crippen LogP contribution is 2.19. The minimum Gasteiger partial charge on any atom is -0.379 e. The van der Waals surface area contributed by atoms with Gasteiger partial charge in [0.05, 0.1) is 25.9 Å². The third-order valence-corrected chi connectivity index (χ3v) is 3.45. The van der Waals surface area contributed by atoms with Crippen LogP contribution in [0.5, 0.6) is 0 Å². The molecule has 1 unspecified atom stereocenters. The van der Waals surface area contributed by atoms with Crippen molar-refractivity contribution in [3.63, 3.8) is 0 Å². The Labute approximate surface area is 123 Å². The van der Waals surface area contributed by atoms with Crippen molar-refractivity contribution < 1.29 is 9.47 Å². The van der Waals surface area contributed by atoms with Gasteiger partial charge in [-0.1, -0.05) is 37.1 Å². The number of rotatable bonds is 10. The molecule has 0 amide bonds. The second-order valence-electron chi connectivity index (χ2n) is 5.24. The average molecular weight is 279 g/mol. The molecule has 0 aliphatic rings. The summed E-state index contributed by atoms with van der Waals surface area (Å²) < 4.78 is 11.2. The molecule has 1 N–H and O–H groups in total. The summed E-state index contributed by atoms with van der Waals surface area (Å²) in [6, 6.07) is 6.80. The fraction of sp³-hybridized carbons (Fsp3) is 0.647. The van der Waals surface area contributed by atoms with Crippen LogP contribution in [0.3, 0.4) is 0 Å². The predicted molar refractivity (Wildman–Crippen MR) is 84.3 cm³/mol. The van der Waals surface area contributed by atoms with Crippen molar-refractivity contribution in [3.8, 4) is 0 Å². The summed E-state index contributed by atoms with van der Waals surface area (Å²) in [5.74, 6) is 0. The second-order valence-corrected chi connectivity index (χ2v) is 5.24. The molecule has 0 saturated carbocycles. The molecule has 0 aliphatic carbocycles. The van der Waals surface area contributed by atoms with Crippen LogP contribution in [-0.2, 0) is 9.47 Å². The highest BCUT2D eigenvalue weighted by atomic mass is 16.5. The van der Waals surface area contributed by atoms with E-state index in [2.05, 4.69) is 44.3 Å². The Balaban J connectivity index is 2.32. The molecule has 0 fully saturated rings. The van der Waals surface area contributed by atoms with E-state index in [1.54, 1.807) is 0 Å². The number of hydrogen-bond donors (Lipinski definition) is 1. The quantitative estimate of drug-likeness (QED) is 0.666. The molecule has 0 aromatic heterocycles. The Bertz CT molecular complexity index is 379. The molecule has 0 aliphatic heterocycles. The lowest BCUT2D eigenvalue weighted by Gasteiger charge is -2.19. The average Bonchev–Trinajstić information content (AvgIpc) is 2.43. The summed E-state index contributed by atoms with van der Waals surface area (Å²) in [7, 11) is 1.98. The Morgan fingerprint density at radius 1 is 1.10 bits per heavy atom. The molecule has 1 aromatic rings. The monoisotopic (exact) mass is 279 g/mol. The summed E-state index contributed by atoms with van der Waals surface area (Å²) in [5.41, 5.74) is 3.92. The summed E-state index contributed by atoms with van der Waals surface area (Å²) >= 11 is 0. The lowest BCUT2D eigenvalue weighted by molar-refractivity contribution is 0.0387. The largest absolute Gasteiger partial charge is 0.379 e. The van der Waals surface area contributed by atoms with Crippen LogP contribution in [0.25, 0.3) is 0 Å². The first kappa shape index (κ1) is 17.2. The number of nitrogens with one attached hydrogen (secondary N) is 1. The van der Waals surface area contributed by atoms with Gasteiger partial charge in [0.2, 0.25) is 0 Å². The third-order valence-electron chi connectivity index (χ3n) is 3.45. The van der Waals surface area contributed by atoms with Crippen molar-refractivity contribution >= 4 is 0 Å². The van der Waals surface area contributed by atoms with E-state index in [0.717, 1.165) is 13.0 Å².